The normalized spacial score (nSPS) is 23.8. The fraction of sp³-hybridized carbons (Fsp3) is 0.250. The van der Waals surface area contributed by atoms with Crippen molar-refractivity contribution in [3.8, 4) is 0 Å². The summed E-state index contributed by atoms with van der Waals surface area (Å²) >= 11 is 5.88. The van der Waals surface area contributed by atoms with E-state index in [9.17, 15) is 9.90 Å². The van der Waals surface area contributed by atoms with Crippen molar-refractivity contribution in [2.24, 2.45) is 10.2 Å². The minimum absolute atomic E-state index is 0.0594. The van der Waals surface area contributed by atoms with Crippen LogP contribution < -0.4 is 0 Å². The number of hydrogen-bond acceptors (Lipinski definition) is 5. The van der Waals surface area contributed by atoms with Crippen LogP contribution in [0.4, 0.5) is 0 Å². The Balaban J connectivity index is 2.60. The van der Waals surface area contributed by atoms with E-state index in [1.165, 1.54) is 7.11 Å². The molecule has 0 bridgehead atoms. The van der Waals surface area contributed by atoms with Crippen molar-refractivity contribution in [3.63, 3.8) is 0 Å². The van der Waals surface area contributed by atoms with Crippen LogP contribution in [-0.2, 0) is 16.0 Å². The molecular formula is C12H11ClN2O3. The third kappa shape index (κ3) is 1.81. The number of carbonyl (C=O) groups excluding carboxylic acids is 1. The Morgan fingerprint density at radius 1 is 1.61 bits per heavy atom. The minimum Gasteiger partial charge on any atom is -0.467 e. The van der Waals surface area contributed by atoms with Gasteiger partial charge in [0.1, 0.15) is 5.71 Å². The smallest absolute Gasteiger partial charge is 0.344 e. The van der Waals surface area contributed by atoms with Crippen LogP contribution >= 0.6 is 11.6 Å². The van der Waals surface area contributed by atoms with Gasteiger partial charge in [-0.3, -0.25) is 0 Å². The highest BCUT2D eigenvalue weighted by molar-refractivity contribution is 6.31. The van der Waals surface area contributed by atoms with E-state index in [1.54, 1.807) is 18.2 Å². The molecule has 0 saturated carbocycles. The SMILES string of the molecule is C=N/N=C1/c2ccc(Cl)cc2CC1(O)C(=O)OC. The van der Waals surface area contributed by atoms with Gasteiger partial charge in [0.25, 0.3) is 0 Å². The molecule has 1 aromatic carbocycles. The summed E-state index contributed by atoms with van der Waals surface area (Å²) in [5.41, 5.74) is -0.350. The number of aliphatic hydroxyl groups is 1. The van der Waals surface area contributed by atoms with Crippen LogP contribution in [0.3, 0.4) is 0 Å². The summed E-state index contributed by atoms with van der Waals surface area (Å²) in [6, 6.07) is 5.01. The summed E-state index contributed by atoms with van der Waals surface area (Å²) in [6.45, 7) is 3.24. The second-order valence-electron chi connectivity index (χ2n) is 3.92. The molecule has 94 valence electrons. The number of esters is 1. The highest BCUT2D eigenvalue weighted by atomic mass is 35.5. The predicted molar refractivity (Wildman–Crippen MR) is 68.2 cm³/mol. The quantitative estimate of drug-likeness (QED) is 0.497. The van der Waals surface area contributed by atoms with Crippen LogP contribution in [0, 0.1) is 0 Å². The molecule has 0 spiro atoms. The number of fused-ring (bicyclic) bond motifs is 1. The summed E-state index contributed by atoms with van der Waals surface area (Å²) in [7, 11) is 1.20. The monoisotopic (exact) mass is 266 g/mol. The van der Waals surface area contributed by atoms with Crippen LogP contribution in [0.25, 0.3) is 0 Å². The lowest BCUT2D eigenvalue weighted by atomic mass is 9.99. The van der Waals surface area contributed by atoms with Gasteiger partial charge in [-0.1, -0.05) is 17.7 Å². The van der Waals surface area contributed by atoms with Crippen molar-refractivity contribution in [1.82, 2.24) is 0 Å². The molecule has 1 aliphatic carbocycles. The van der Waals surface area contributed by atoms with E-state index < -0.39 is 11.6 Å². The largest absolute Gasteiger partial charge is 0.467 e. The zero-order valence-electron chi connectivity index (χ0n) is 9.68. The van der Waals surface area contributed by atoms with Crippen LogP contribution in [0.15, 0.2) is 28.4 Å². The number of hydrogen-bond donors (Lipinski definition) is 1. The van der Waals surface area contributed by atoms with Crippen molar-refractivity contribution < 1.29 is 14.6 Å². The van der Waals surface area contributed by atoms with Gasteiger partial charge in [-0.2, -0.15) is 10.2 Å². The third-order valence-electron chi connectivity index (χ3n) is 2.85. The first-order valence-corrected chi connectivity index (χ1v) is 5.54. The van der Waals surface area contributed by atoms with Gasteiger partial charge in [-0.25, -0.2) is 4.79 Å². The topological polar surface area (TPSA) is 71.2 Å². The van der Waals surface area contributed by atoms with Crippen molar-refractivity contribution in [2.75, 3.05) is 7.11 Å². The van der Waals surface area contributed by atoms with E-state index >= 15 is 0 Å². The fourth-order valence-electron chi connectivity index (χ4n) is 2.07. The first-order chi connectivity index (χ1) is 8.52. The van der Waals surface area contributed by atoms with Gasteiger partial charge in [0.2, 0.25) is 5.60 Å². The molecule has 2 rings (SSSR count). The van der Waals surface area contributed by atoms with Crippen molar-refractivity contribution in [2.45, 2.75) is 12.0 Å². The molecule has 0 aromatic heterocycles. The fourth-order valence-corrected chi connectivity index (χ4v) is 2.26. The van der Waals surface area contributed by atoms with E-state index in [-0.39, 0.29) is 12.1 Å². The highest BCUT2D eigenvalue weighted by Crippen LogP contribution is 2.33. The lowest BCUT2D eigenvalue weighted by Gasteiger charge is -2.19. The molecule has 0 aliphatic heterocycles. The number of methoxy groups -OCH3 is 1. The van der Waals surface area contributed by atoms with E-state index in [1.807, 2.05) is 0 Å². The number of rotatable bonds is 2. The van der Waals surface area contributed by atoms with Crippen molar-refractivity contribution in [3.05, 3.63) is 34.3 Å². The zero-order chi connectivity index (χ0) is 13.3. The Hall–Kier alpha value is -1.72. The van der Waals surface area contributed by atoms with Gasteiger partial charge in [0.15, 0.2) is 0 Å². The van der Waals surface area contributed by atoms with Gasteiger partial charge in [0.05, 0.1) is 7.11 Å². The third-order valence-corrected chi connectivity index (χ3v) is 3.09. The highest BCUT2D eigenvalue weighted by Gasteiger charge is 2.49. The molecule has 18 heavy (non-hydrogen) atoms. The Morgan fingerprint density at radius 3 is 2.94 bits per heavy atom. The Labute approximate surface area is 109 Å². The van der Waals surface area contributed by atoms with Crippen LogP contribution in [0.5, 0.6) is 0 Å². The summed E-state index contributed by atoms with van der Waals surface area (Å²) in [6.07, 6.45) is 0.0594. The van der Waals surface area contributed by atoms with Crippen molar-refractivity contribution in [1.29, 1.82) is 0 Å². The number of nitrogens with zero attached hydrogens (tertiary/aromatic N) is 2. The summed E-state index contributed by atoms with van der Waals surface area (Å²) in [5, 5.41) is 18.1. The number of halogens is 1. The molecule has 6 heteroatoms. The van der Waals surface area contributed by atoms with Gasteiger partial charge < -0.3 is 9.84 Å². The van der Waals surface area contributed by atoms with E-state index in [4.69, 9.17) is 11.6 Å². The summed E-state index contributed by atoms with van der Waals surface area (Å²) in [5.74, 6) is -0.780. The van der Waals surface area contributed by atoms with Crippen molar-refractivity contribution >= 4 is 30.0 Å². The average Bonchev–Trinajstić information content (AvgIpc) is 2.62. The molecule has 1 atom stereocenters. The average molecular weight is 267 g/mol. The molecular weight excluding hydrogens is 256 g/mol. The van der Waals surface area contributed by atoms with E-state index in [0.717, 1.165) is 5.56 Å². The van der Waals surface area contributed by atoms with E-state index in [2.05, 4.69) is 21.7 Å². The number of carbonyl (C=O) groups is 1. The zero-order valence-corrected chi connectivity index (χ0v) is 10.4. The Kier molecular flexibility index (Phi) is 3.19. The van der Waals surface area contributed by atoms with Gasteiger partial charge >= 0.3 is 5.97 Å². The second kappa shape index (κ2) is 4.51. The molecule has 0 saturated heterocycles. The lowest BCUT2D eigenvalue weighted by Crippen LogP contribution is -2.45. The molecule has 0 amide bonds. The Morgan fingerprint density at radius 2 is 2.33 bits per heavy atom. The standard InChI is InChI=1S/C12H11ClN2O3/c1-14-15-10-9-4-3-8(13)5-7(9)6-12(10,17)11(16)18-2/h3-5,17H,1,6H2,2H3/b15-10-. The number of ether oxygens (including phenoxy) is 1. The Bertz CT molecular complexity index is 556. The maximum atomic E-state index is 11.7. The predicted octanol–water partition coefficient (Wildman–Crippen LogP) is 1.20. The first kappa shape index (κ1) is 12.7. The van der Waals surface area contributed by atoms with Gasteiger partial charge in [-0.05, 0) is 17.7 Å². The minimum atomic E-state index is -1.83. The molecule has 1 N–H and O–H groups in total. The molecule has 0 heterocycles. The molecule has 0 radical (unpaired) electrons. The second-order valence-corrected chi connectivity index (χ2v) is 4.36. The number of benzene rings is 1. The van der Waals surface area contributed by atoms with Gasteiger partial charge in [0, 0.05) is 23.7 Å². The molecule has 1 unspecified atom stereocenters. The summed E-state index contributed by atoms with van der Waals surface area (Å²) < 4.78 is 4.61. The van der Waals surface area contributed by atoms with Crippen LogP contribution in [0.1, 0.15) is 11.1 Å². The first-order valence-electron chi connectivity index (χ1n) is 5.16. The molecule has 1 aliphatic rings. The van der Waals surface area contributed by atoms with Crippen LogP contribution in [-0.4, -0.2) is 36.2 Å². The maximum absolute atomic E-state index is 11.7. The molecule has 5 nitrogen and oxygen atoms in total. The summed E-state index contributed by atoms with van der Waals surface area (Å²) in [4.78, 5) is 11.7. The van der Waals surface area contributed by atoms with Gasteiger partial charge in [-0.15, -0.1) is 0 Å². The molecule has 0 fully saturated rings. The lowest BCUT2D eigenvalue weighted by molar-refractivity contribution is -0.154. The molecule has 1 aromatic rings. The van der Waals surface area contributed by atoms with E-state index in [0.29, 0.717) is 10.6 Å². The van der Waals surface area contributed by atoms with Crippen LogP contribution in [0.2, 0.25) is 5.02 Å². The maximum Gasteiger partial charge on any atom is 0.344 e.